The highest BCUT2D eigenvalue weighted by Crippen LogP contribution is 2.34. The fourth-order valence-corrected chi connectivity index (χ4v) is 3.13. The number of anilines is 1. The van der Waals surface area contributed by atoms with Crippen molar-refractivity contribution < 1.29 is 4.39 Å². The van der Waals surface area contributed by atoms with Crippen LogP contribution in [0.4, 0.5) is 10.1 Å². The van der Waals surface area contributed by atoms with Gasteiger partial charge in [0.05, 0.1) is 0 Å². The lowest BCUT2D eigenvalue weighted by atomic mass is 9.97. The number of hydrogen-bond donors (Lipinski definition) is 1. The van der Waals surface area contributed by atoms with Crippen LogP contribution < -0.4 is 5.32 Å². The molecule has 0 bridgehead atoms. The van der Waals surface area contributed by atoms with Gasteiger partial charge in [-0.25, -0.2) is 4.39 Å². The van der Waals surface area contributed by atoms with Gasteiger partial charge in [0.15, 0.2) is 0 Å². The van der Waals surface area contributed by atoms with Crippen molar-refractivity contribution in [3.63, 3.8) is 0 Å². The van der Waals surface area contributed by atoms with Crippen molar-refractivity contribution >= 4 is 5.69 Å². The molecule has 0 saturated carbocycles. The minimum Gasteiger partial charge on any atom is -0.384 e. The van der Waals surface area contributed by atoms with Crippen LogP contribution in [0.5, 0.6) is 0 Å². The quantitative estimate of drug-likeness (QED) is 0.863. The van der Waals surface area contributed by atoms with E-state index in [1.165, 1.54) is 16.7 Å². The molecule has 1 aliphatic rings. The molecule has 1 N–H and O–H groups in total. The summed E-state index contributed by atoms with van der Waals surface area (Å²) >= 11 is 0. The molecule has 0 fully saturated rings. The van der Waals surface area contributed by atoms with Crippen LogP contribution in [0.15, 0.2) is 36.4 Å². The normalized spacial score (nSPS) is 14.8. The predicted molar refractivity (Wildman–Crippen MR) is 82.1 cm³/mol. The molecule has 2 aromatic rings. The zero-order valence-electron chi connectivity index (χ0n) is 12.0. The number of benzene rings is 2. The van der Waals surface area contributed by atoms with Crippen molar-refractivity contribution in [3.8, 4) is 0 Å². The van der Waals surface area contributed by atoms with Gasteiger partial charge in [0.25, 0.3) is 0 Å². The Bertz CT molecular complexity index is 613. The summed E-state index contributed by atoms with van der Waals surface area (Å²) in [5.74, 6) is 0. The zero-order chi connectivity index (χ0) is 14.1. The van der Waals surface area contributed by atoms with Gasteiger partial charge in [-0.05, 0) is 31.4 Å². The number of hydrogen-bond acceptors (Lipinski definition) is 1. The standard InChI is InChI=1S/C18H20FN/c1-12-8-13(2)10-14(9-12)11-17(19)16-5-3-4-15-6-7-20-18(15)16/h3-5,8-10,17,20H,6-7,11H2,1-2H3. The largest absolute Gasteiger partial charge is 0.384 e. The Balaban J connectivity index is 1.86. The van der Waals surface area contributed by atoms with E-state index in [1.807, 2.05) is 12.1 Å². The molecule has 1 nitrogen and oxygen atoms in total. The minimum absolute atomic E-state index is 0.445. The van der Waals surface area contributed by atoms with Crippen molar-refractivity contribution in [2.75, 3.05) is 11.9 Å². The highest BCUT2D eigenvalue weighted by molar-refractivity contribution is 5.62. The summed E-state index contributed by atoms with van der Waals surface area (Å²) in [7, 11) is 0. The Morgan fingerprint density at radius 1 is 1.15 bits per heavy atom. The molecule has 0 saturated heterocycles. The van der Waals surface area contributed by atoms with Crippen LogP contribution in [0, 0.1) is 13.8 Å². The lowest BCUT2D eigenvalue weighted by molar-refractivity contribution is 0.343. The average Bonchev–Trinajstić information content (AvgIpc) is 2.85. The van der Waals surface area contributed by atoms with E-state index in [0.29, 0.717) is 6.42 Å². The molecular weight excluding hydrogens is 249 g/mol. The van der Waals surface area contributed by atoms with Gasteiger partial charge in [0.1, 0.15) is 6.17 Å². The first-order chi connectivity index (χ1) is 9.63. The van der Waals surface area contributed by atoms with Crippen molar-refractivity contribution in [1.29, 1.82) is 0 Å². The molecule has 20 heavy (non-hydrogen) atoms. The smallest absolute Gasteiger partial charge is 0.131 e. The molecule has 1 atom stereocenters. The molecular formula is C18H20FN. The maximum absolute atomic E-state index is 14.7. The van der Waals surface area contributed by atoms with Crippen LogP contribution in [0.2, 0.25) is 0 Å². The Hall–Kier alpha value is -1.83. The summed E-state index contributed by atoms with van der Waals surface area (Å²) in [6.07, 6.45) is 0.497. The van der Waals surface area contributed by atoms with E-state index in [2.05, 4.69) is 43.4 Å². The van der Waals surface area contributed by atoms with E-state index in [9.17, 15) is 4.39 Å². The summed E-state index contributed by atoms with van der Waals surface area (Å²) in [5.41, 5.74) is 6.53. The third-order valence-electron chi connectivity index (χ3n) is 3.91. The van der Waals surface area contributed by atoms with E-state index in [1.54, 1.807) is 0 Å². The molecule has 0 radical (unpaired) electrons. The van der Waals surface area contributed by atoms with Crippen LogP contribution in [-0.4, -0.2) is 6.54 Å². The summed E-state index contributed by atoms with van der Waals surface area (Å²) < 4.78 is 14.7. The molecule has 0 aliphatic carbocycles. The average molecular weight is 269 g/mol. The number of rotatable bonds is 3. The van der Waals surface area contributed by atoms with Gasteiger partial charge in [-0.2, -0.15) is 0 Å². The Kier molecular flexibility index (Phi) is 3.47. The van der Waals surface area contributed by atoms with E-state index in [0.717, 1.165) is 29.8 Å². The highest BCUT2D eigenvalue weighted by Gasteiger charge is 2.20. The van der Waals surface area contributed by atoms with Gasteiger partial charge in [0.2, 0.25) is 0 Å². The predicted octanol–water partition coefficient (Wildman–Crippen LogP) is 4.52. The fraction of sp³-hybridized carbons (Fsp3) is 0.333. The van der Waals surface area contributed by atoms with Gasteiger partial charge in [-0.15, -0.1) is 0 Å². The third-order valence-corrected chi connectivity index (χ3v) is 3.91. The fourth-order valence-electron chi connectivity index (χ4n) is 3.13. The topological polar surface area (TPSA) is 12.0 Å². The minimum atomic E-state index is -0.947. The van der Waals surface area contributed by atoms with E-state index >= 15 is 0 Å². The van der Waals surface area contributed by atoms with Crippen molar-refractivity contribution in [1.82, 2.24) is 0 Å². The van der Waals surface area contributed by atoms with Crippen molar-refractivity contribution in [2.45, 2.75) is 32.9 Å². The third kappa shape index (κ3) is 2.55. The van der Waals surface area contributed by atoms with Crippen LogP contribution in [0.1, 0.15) is 34.0 Å². The number of aryl methyl sites for hydroxylation is 2. The molecule has 3 rings (SSSR count). The number of para-hydroxylation sites is 1. The maximum atomic E-state index is 14.7. The van der Waals surface area contributed by atoms with Gasteiger partial charge >= 0.3 is 0 Å². The SMILES string of the molecule is Cc1cc(C)cc(CC(F)c2cccc3c2NCC3)c1. The number of fused-ring (bicyclic) bond motifs is 1. The molecule has 0 spiro atoms. The first-order valence-corrected chi connectivity index (χ1v) is 7.20. The molecule has 2 aromatic carbocycles. The summed E-state index contributed by atoms with van der Waals surface area (Å²) in [6, 6.07) is 12.2. The summed E-state index contributed by atoms with van der Waals surface area (Å²) in [5, 5.41) is 3.32. The second-order valence-electron chi connectivity index (χ2n) is 5.73. The van der Waals surface area contributed by atoms with Crippen molar-refractivity contribution in [2.24, 2.45) is 0 Å². The highest BCUT2D eigenvalue weighted by atomic mass is 19.1. The number of halogens is 1. The van der Waals surface area contributed by atoms with Gasteiger partial charge in [-0.3, -0.25) is 0 Å². The first-order valence-electron chi connectivity index (χ1n) is 7.20. The van der Waals surface area contributed by atoms with Crippen LogP contribution in [-0.2, 0) is 12.8 Å². The molecule has 2 heteroatoms. The molecule has 104 valence electrons. The lowest BCUT2D eigenvalue weighted by Gasteiger charge is -2.14. The first kappa shape index (κ1) is 13.2. The second kappa shape index (κ2) is 5.28. The monoisotopic (exact) mass is 269 g/mol. The zero-order valence-corrected chi connectivity index (χ0v) is 12.0. The van der Waals surface area contributed by atoms with Crippen LogP contribution in [0.25, 0.3) is 0 Å². The molecule has 1 heterocycles. The van der Waals surface area contributed by atoms with E-state index in [4.69, 9.17) is 0 Å². The van der Waals surface area contributed by atoms with Crippen LogP contribution >= 0.6 is 0 Å². The van der Waals surface area contributed by atoms with Crippen LogP contribution in [0.3, 0.4) is 0 Å². The maximum Gasteiger partial charge on any atom is 0.131 e. The summed E-state index contributed by atoms with van der Waals surface area (Å²) in [4.78, 5) is 0. The van der Waals surface area contributed by atoms with Gasteiger partial charge in [-0.1, -0.05) is 47.5 Å². The van der Waals surface area contributed by atoms with E-state index in [-0.39, 0.29) is 0 Å². The second-order valence-corrected chi connectivity index (χ2v) is 5.73. The Labute approximate surface area is 119 Å². The van der Waals surface area contributed by atoms with E-state index < -0.39 is 6.17 Å². The number of nitrogens with one attached hydrogen (secondary N) is 1. The molecule has 0 amide bonds. The molecule has 1 aliphatic heterocycles. The van der Waals surface area contributed by atoms with Gasteiger partial charge < -0.3 is 5.32 Å². The van der Waals surface area contributed by atoms with Gasteiger partial charge in [0, 0.05) is 24.2 Å². The molecule has 0 aromatic heterocycles. The summed E-state index contributed by atoms with van der Waals surface area (Å²) in [6.45, 7) is 5.04. The number of alkyl halides is 1. The Morgan fingerprint density at radius 3 is 2.65 bits per heavy atom. The lowest BCUT2D eigenvalue weighted by Crippen LogP contribution is -2.02. The van der Waals surface area contributed by atoms with Crippen molar-refractivity contribution in [3.05, 3.63) is 64.2 Å². The Morgan fingerprint density at radius 2 is 1.90 bits per heavy atom. The molecule has 1 unspecified atom stereocenters.